The lowest BCUT2D eigenvalue weighted by atomic mass is 9.65. The van der Waals surface area contributed by atoms with Crippen LogP contribution in [0.15, 0.2) is 60.7 Å². The summed E-state index contributed by atoms with van der Waals surface area (Å²) in [5.41, 5.74) is 2.66. The summed E-state index contributed by atoms with van der Waals surface area (Å²) in [6.45, 7) is 0. The normalized spacial score (nSPS) is 30.7. The molecule has 4 rings (SSSR count). The molecule has 0 heterocycles. The van der Waals surface area contributed by atoms with Crippen molar-refractivity contribution in [2.75, 3.05) is 14.2 Å². The van der Waals surface area contributed by atoms with Gasteiger partial charge >= 0.3 is 0 Å². The minimum absolute atomic E-state index is 0.143. The Morgan fingerprint density at radius 3 is 1.47 bits per heavy atom. The molecule has 2 aromatic carbocycles. The molecule has 2 aliphatic rings. The summed E-state index contributed by atoms with van der Waals surface area (Å²) in [6, 6.07) is 21.3. The van der Waals surface area contributed by atoms with Gasteiger partial charge in [0.1, 0.15) is 5.78 Å². The van der Waals surface area contributed by atoms with E-state index in [-0.39, 0.29) is 24.0 Å². The maximum Gasteiger partial charge on any atom is 0.139 e. The lowest BCUT2D eigenvalue weighted by Crippen LogP contribution is -2.42. The number of Topliss-reactive ketones (excluding diaryl/α,β-unsaturated/α-hetero) is 1. The van der Waals surface area contributed by atoms with Gasteiger partial charge in [0.15, 0.2) is 0 Å². The van der Waals surface area contributed by atoms with Crippen LogP contribution < -0.4 is 0 Å². The SMILES string of the molecule is COC1CCC(C(=O)C2CCC(OC)CC2Cc2ccccc2)C(Cc2ccccc2)C1. The van der Waals surface area contributed by atoms with Crippen LogP contribution in [0.4, 0.5) is 0 Å². The average molecular weight is 435 g/mol. The molecule has 6 unspecified atom stereocenters. The summed E-state index contributed by atoms with van der Waals surface area (Å²) in [4.78, 5) is 14.1. The maximum absolute atomic E-state index is 14.1. The molecule has 3 heteroatoms. The van der Waals surface area contributed by atoms with Crippen molar-refractivity contribution in [3.63, 3.8) is 0 Å². The zero-order chi connectivity index (χ0) is 22.3. The largest absolute Gasteiger partial charge is 0.381 e. The molecule has 2 saturated carbocycles. The summed E-state index contributed by atoms with van der Waals surface area (Å²) in [5.74, 6) is 1.52. The Labute approximate surface area is 193 Å². The molecule has 6 atom stereocenters. The highest BCUT2D eigenvalue weighted by atomic mass is 16.5. The molecule has 0 radical (unpaired) electrons. The number of ketones is 1. The number of ether oxygens (including phenoxy) is 2. The number of carbonyl (C=O) groups is 1. The Balaban J connectivity index is 1.53. The lowest BCUT2D eigenvalue weighted by molar-refractivity contribution is -0.135. The van der Waals surface area contributed by atoms with Crippen molar-refractivity contribution >= 4 is 5.78 Å². The molecule has 0 spiro atoms. The van der Waals surface area contributed by atoms with Gasteiger partial charge in [0, 0.05) is 26.1 Å². The molecule has 2 fully saturated rings. The van der Waals surface area contributed by atoms with Crippen molar-refractivity contribution in [2.24, 2.45) is 23.7 Å². The predicted molar refractivity (Wildman–Crippen MR) is 129 cm³/mol. The summed E-state index contributed by atoms with van der Waals surface area (Å²) in [7, 11) is 3.63. The van der Waals surface area contributed by atoms with Crippen molar-refractivity contribution < 1.29 is 14.3 Å². The highest BCUT2D eigenvalue weighted by molar-refractivity contribution is 5.84. The van der Waals surface area contributed by atoms with E-state index in [4.69, 9.17) is 9.47 Å². The number of rotatable bonds is 8. The van der Waals surface area contributed by atoms with Crippen LogP contribution >= 0.6 is 0 Å². The molecule has 32 heavy (non-hydrogen) atoms. The highest BCUT2D eigenvalue weighted by Gasteiger charge is 2.42. The monoisotopic (exact) mass is 434 g/mol. The van der Waals surface area contributed by atoms with E-state index < -0.39 is 0 Å². The molecule has 2 aliphatic carbocycles. The van der Waals surface area contributed by atoms with Gasteiger partial charge in [-0.2, -0.15) is 0 Å². The standard InChI is InChI=1S/C29H38O3/c1-31-25-13-15-27(23(19-25)17-21-9-5-3-6-10-21)29(30)28-16-14-26(32-2)20-24(28)18-22-11-7-4-8-12-22/h3-12,23-28H,13-20H2,1-2H3. The fourth-order valence-corrected chi connectivity index (χ4v) is 6.18. The number of benzene rings is 2. The van der Waals surface area contributed by atoms with E-state index in [1.54, 1.807) is 0 Å². The Morgan fingerprint density at radius 1 is 0.688 bits per heavy atom. The first-order valence-corrected chi connectivity index (χ1v) is 12.3. The van der Waals surface area contributed by atoms with E-state index in [0.29, 0.717) is 17.6 Å². The van der Waals surface area contributed by atoms with Crippen LogP contribution in [-0.4, -0.2) is 32.2 Å². The van der Waals surface area contributed by atoms with Gasteiger partial charge < -0.3 is 9.47 Å². The molecule has 3 nitrogen and oxygen atoms in total. The number of methoxy groups -OCH3 is 2. The average Bonchev–Trinajstić information content (AvgIpc) is 2.85. The smallest absolute Gasteiger partial charge is 0.139 e. The van der Waals surface area contributed by atoms with Crippen LogP contribution in [0.2, 0.25) is 0 Å². The summed E-state index contributed by atoms with van der Waals surface area (Å²) in [6.07, 6.45) is 8.35. The van der Waals surface area contributed by atoms with Crippen LogP contribution in [0.25, 0.3) is 0 Å². The van der Waals surface area contributed by atoms with Crippen molar-refractivity contribution in [2.45, 2.75) is 63.6 Å². The minimum Gasteiger partial charge on any atom is -0.381 e. The molecular formula is C29H38O3. The van der Waals surface area contributed by atoms with Crippen molar-refractivity contribution in [1.82, 2.24) is 0 Å². The van der Waals surface area contributed by atoms with Crippen LogP contribution in [0.5, 0.6) is 0 Å². The molecule has 0 N–H and O–H groups in total. The Kier molecular flexibility index (Phi) is 8.15. The summed E-state index contributed by atoms with van der Waals surface area (Å²) < 4.78 is 11.5. The van der Waals surface area contributed by atoms with E-state index in [1.165, 1.54) is 11.1 Å². The third kappa shape index (κ3) is 5.68. The minimum atomic E-state index is 0.143. The van der Waals surface area contributed by atoms with Gasteiger partial charge in [-0.1, -0.05) is 60.7 Å². The van der Waals surface area contributed by atoms with Gasteiger partial charge in [-0.3, -0.25) is 4.79 Å². The van der Waals surface area contributed by atoms with E-state index >= 15 is 0 Å². The van der Waals surface area contributed by atoms with Gasteiger partial charge in [0.2, 0.25) is 0 Å². The molecule has 0 aliphatic heterocycles. The molecule has 0 aromatic heterocycles. The van der Waals surface area contributed by atoms with E-state index in [2.05, 4.69) is 60.7 Å². The van der Waals surface area contributed by atoms with E-state index in [1.807, 2.05) is 14.2 Å². The first kappa shape index (κ1) is 23.2. The van der Waals surface area contributed by atoms with Crippen molar-refractivity contribution in [3.05, 3.63) is 71.8 Å². The maximum atomic E-state index is 14.1. The van der Waals surface area contributed by atoms with Gasteiger partial charge in [-0.25, -0.2) is 0 Å². The predicted octanol–water partition coefficient (Wildman–Crippen LogP) is 5.90. The lowest BCUT2D eigenvalue weighted by Gasteiger charge is -2.41. The Bertz CT molecular complexity index is 764. The Morgan fingerprint density at radius 2 is 1.09 bits per heavy atom. The van der Waals surface area contributed by atoms with Crippen LogP contribution in [0, 0.1) is 23.7 Å². The van der Waals surface area contributed by atoms with Crippen LogP contribution in [0.1, 0.15) is 49.7 Å². The zero-order valence-electron chi connectivity index (χ0n) is 19.6. The number of hydrogen-bond acceptors (Lipinski definition) is 3. The fourth-order valence-electron chi connectivity index (χ4n) is 6.18. The fraction of sp³-hybridized carbons (Fsp3) is 0.552. The van der Waals surface area contributed by atoms with Gasteiger partial charge in [-0.15, -0.1) is 0 Å². The third-order valence-electron chi connectivity index (χ3n) is 7.95. The second-order valence-electron chi connectivity index (χ2n) is 9.86. The van der Waals surface area contributed by atoms with Crippen LogP contribution in [-0.2, 0) is 27.1 Å². The summed E-state index contributed by atoms with van der Waals surface area (Å²) >= 11 is 0. The first-order chi connectivity index (χ1) is 15.7. The highest BCUT2D eigenvalue weighted by Crippen LogP contribution is 2.41. The molecule has 2 aromatic rings. The molecule has 0 bridgehead atoms. The summed E-state index contributed by atoms with van der Waals surface area (Å²) in [5, 5.41) is 0. The molecule has 0 amide bonds. The van der Waals surface area contributed by atoms with E-state index in [9.17, 15) is 4.79 Å². The van der Waals surface area contributed by atoms with Crippen molar-refractivity contribution in [3.8, 4) is 0 Å². The number of hydrogen-bond donors (Lipinski definition) is 0. The number of carbonyl (C=O) groups excluding carboxylic acids is 1. The van der Waals surface area contributed by atoms with Crippen LogP contribution in [0.3, 0.4) is 0 Å². The van der Waals surface area contributed by atoms with Crippen molar-refractivity contribution in [1.29, 1.82) is 0 Å². The second-order valence-corrected chi connectivity index (χ2v) is 9.86. The molecule has 0 saturated heterocycles. The topological polar surface area (TPSA) is 35.5 Å². The second kappa shape index (κ2) is 11.2. The quantitative estimate of drug-likeness (QED) is 0.519. The zero-order valence-corrected chi connectivity index (χ0v) is 19.6. The van der Waals surface area contributed by atoms with Gasteiger partial charge in [0.05, 0.1) is 12.2 Å². The third-order valence-corrected chi connectivity index (χ3v) is 7.95. The Hall–Kier alpha value is -1.97. The van der Waals surface area contributed by atoms with E-state index in [0.717, 1.165) is 51.4 Å². The van der Waals surface area contributed by atoms with Gasteiger partial charge in [-0.05, 0) is 74.3 Å². The molecular weight excluding hydrogens is 396 g/mol. The van der Waals surface area contributed by atoms with Gasteiger partial charge in [0.25, 0.3) is 0 Å². The molecule has 172 valence electrons. The first-order valence-electron chi connectivity index (χ1n) is 12.3.